The molecule has 15 heavy (non-hydrogen) atoms. The van der Waals surface area contributed by atoms with E-state index >= 15 is 0 Å². The summed E-state index contributed by atoms with van der Waals surface area (Å²) in [5.74, 6) is -0.0508. The van der Waals surface area contributed by atoms with Gasteiger partial charge in [0.15, 0.2) is 0 Å². The molecule has 0 aliphatic carbocycles. The molecule has 0 aliphatic heterocycles. The predicted molar refractivity (Wildman–Crippen MR) is 54.7 cm³/mol. The van der Waals surface area contributed by atoms with Gasteiger partial charge in [-0.25, -0.2) is 0 Å². The third-order valence-electron chi connectivity index (χ3n) is 1.58. The normalized spacial score (nSPS) is 11.5. The van der Waals surface area contributed by atoms with Gasteiger partial charge < -0.3 is 10.6 Å². The third-order valence-corrected chi connectivity index (χ3v) is 2.32. The summed E-state index contributed by atoms with van der Waals surface area (Å²) in [6.45, 7) is 0.865. The van der Waals surface area contributed by atoms with Gasteiger partial charge in [-0.05, 0) is 24.7 Å². The average molecular weight is 244 g/mol. The number of rotatable bonds is 7. The first kappa shape index (κ1) is 14.6. The number of hydrogen-bond acceptors (Lipinski definition) is 3. The van der Waals surface area contributed by atoms with Gasteiger partial charge in [-0.3, -0.25) is 4.79 Å². The summed E-state index contributed by atoms with van der Waals surface area (Å²) in [6, 6.07) is 0. The lowest BCUT2D eigenvalue weighted by Crippen LogP contribution is -2.23. The molecule has 0 aromatic heterocycles. The van der Waals surface area contributed by atoms with E-state index < -0.39 is 5.51 Å². The van der Waals surface area contributed by atoms with Gasteiger partial charge in [-0.1, -0.05) is 0 Å². The van der Waals surface area contributed by atoms with Crippen LogP contribution in [0.3, 0.4) is 0 Å². The Balaban J connectivity index is 3.16. The van der Waals surface area contributed by atoms with E-state index in [9.17, 15) is 18.0 Å². The molecule has 90 valence electrons. The van der Waals surface area contributed by atoms with E-state index in [1.54, 1.807) is 7.05 Å². The molecular formula is C8H15F3N2OS. The molecule has 0 saturated carbocycles. The molecule has 0 bridgehead atoms. The zero-order valence-corrected chi connectivity index (χ0v) is 9.30. The first-order valence-corrected chi connectivity index (χ1v) is 5.56. The van der Waals surface area contributed by atoms with Crippen molar-refractivity contribution in [1.29, 1.82) is 0 Å². The standard InChI is InChI=1S/C8H15F3N2OS/c1-12-7(14)3-2-4-13-5-6-15-8(9,10)11/h13H,2-6H2,1H3,(H,12,14). The molecule has 0 rings (SSSR count). The topological polar surface area (TPSA) is 41.1 Å². The van der Waals surface area contributed by atoms with Crippen LogP contribution >= 0.6 is 11.8 Å². The Bertz CT molecular complexity index is 187. The van der Waals surface area contributed by atoms with Crippen molar-refractivity contribution < 1.29 is 18.0 Å². The summed E-state index contributed by atoms with van der Waals surface area (Å²) in [7, 11) is 1.55. The zero-order chi connectivity index (χ0) is 11.7. The molecule has 0 radical (unpaired) electrons. The van der Waals surface area contributed by atoms with E-state index in [1.807, 2.05) is 0 Å². The molecule has 0 unspecified atom stereocenters. The van der Waals surface area contributed by atoms with Crippen LogP contribution in [-0.2, 0) is 4.79 Å². The number of halogens is 3. The summed E-state index contributed by atoms with van der Waals surface area (Å²) in [5.41, 5.74) is -4.15. The van der Waals surface area contributed by atoms with Gasteiger partial charge >= 0.3 is 5.51 Å². The van der Waals surface area contributed by atoms with Crippen LogP contribution in [-0.4, -0.2) is 37.3 Å². The molecule has 0 spiro atoms. The Hall–Kier alpha value is -0.430. The summed E-state index contributed by atoms with van der Waals surface area (Å²) in [4.78, 5) is 10.7. The van der Waals surface area contributed by atoms with Gasteiger partial charge in [0.2, 0.25) is 5.91 Å². The number of nitrogens with one attached hydrogen (secondary N) is 2. The zero-order valence-electron chi connectivity index (χ0n) is 8.49. The molecule has 0 atom stereocenters. The molecule has 0 aliphatic rings. The van der Waals surface area contributed by atoms with Gasteiger partial charge in [0.25, 0.3) is 0 Å². The van der Waals surface area contributed by atoms with Crippen molar-refractivity contribution in [3.05, 3.63) is 0 Å². The second-order valence-electron chi connectivity index (χ2n) is 2.82. The van der Waals surface area contributed by atoms with Crippen LogP contribution < -0.4 is 10.6 Å². The van der Waals surface area contributed by atoms with E-state index in [-0.39, 0.29) is 23.4 Å². The number of carbonyl (C=O) groups is 1. The Morgan fingerprint density at radius 1 is 1.33 bits per heavy atom. The van der Waals surface area contributed by atoms with E-state index in [0.29, 0.717) is 25.9 Å². The minimum atomic E-state index is -4.15. The van der Waals surface area contributed by atoms with Crippen LogP contribution in [0.2, 0.25) is 0 Å². The van der Waals surface area contributed by atoms with Gasteiger partial charge in [0.1, 0.15) is 0 Å². The van der Waals surface area contributed by atoms with Crippen LogP contribution in [0.15, 0.2) is 0 Å². The molecule has 1 amide bonds. The monoisotopic (exact) mass is 244 g/mol. The van der Waals surface area contributed by atoms with Gasteiger partial charge in [0.05, 0.1) is 0 Å². The van der Waals surface area contributed by atoms with E-state index in [4.69, 9.17) is 0 Å². The average Bonchev–Trinajstić information content (AvgIpc) is 2.14. The lowest BCUT2D eigenvalue weighted by molar-refractivity contribution is -0.120. The molecule has 0 saturated heterocycles. The molecule has 3 nitrogen and oxygen atoms in total. The molecule has 0 fully saturated rings. The first-order valence-electron chi connectivity index (χ1n) is 4.57. The second kappa shape index (κ2) is 7.81. The minimum Gasteiger partial charge on any atom is -0.359 e. The van der Waals surface area contributed by atoms with Crippen molar-refractivity contribution in [3.8, 4) is 0 Å². The highest BCUT2D eigenvalue weighted by atomic mass is 32.2. The third kappa shape index (κ3) is 11.5. The first-order chi connectivity index (χ1) is 6.95. The highest BCUT2D eigenvalue weighted by Gasteiger charge is 2.27. The largest absolute Gasteiger partial charge is 0.441 e. The van der Waals surface area contributed by atoms with Crippen LogP contribution in [0.5, 0.6) is 0 Å². The number of hydrogen-bond donors (Lipinski definition) is 2. The molecule has 2 N–H and O–H groups in total. The van der Waals surface area contributed by atoms with Crippen molar-refractivity contribution in [2.24, 2.45) is 0 Å². The van der Waals surface area contributed by atoms with Gasteiger partial charge in [-0.2, -0.15) is 13.2 Å². The lowest BCUT2D eigenvalue weighted by Gasteiger charge is -2.06. The van der Waals surface area contributed by atoms with Crippen molar-refractivity contribution in [2.75, 3.05) is 25.9 Å². The van der Waals surface area contributed by atoms with Crippen LogP contribution in [0.25, 0.3) is 0 Å². The molecule has 0 heterocycles. The smallest absolute Gasteiger partial charge is 0.359 e. The predicted octanol–water partition coefficient (Wildman–Crippen LogP) is 1.36. The van der Waals surface area contributed by atoms with Crippen molar-refractivity contribution >= 4 is 17.7 Å². The fourth-order valence-electron chi connectivity index (χ4n) is 0.863. The Morgan fingerprint density at radius 2 is 2.00 bits per heavy atom. The number of amides is 1. The highest BCUT2D eigenvalue weighted by Crippen LogP contribution is 2.29. The molecule has 0 aromatic rings. The number of thioether (sulfide) groups is 1. The Morgan fingerprint density at radius 3 is 2.53 bits per heavy atom. The maximum Gasteiger partial charge on any atom is 0.441 e. The maximum absolute atomic E-state index is 11.7. The Kier molecular flexibility index (Phi) is 7.59. The quantitative estimate of drug-likeness (QED) is 0.664. The fourth-order valence-corrected chi connectivity index (χ4v) is 1.34. The van der Waals surface area contributed by atoms with Crippen LogP contribution in [0.1, 0.15) is 12.8 Å². The lowest BCUT2D eigenvalue weighted by atomic mass is 10.3. The molecule has 0 aromatic carbocycles. The Labute approximate surface area is 91.2 Å². The minimum absolute atomic E-state index is 0.00345. The van der Waals surface area contributed by atoms with Crippen molar-refractivity contribution in [2.45, 2.75) is 18.3 Å². The van der Waals surface area contributed by atoms with Gasteiger partial charge in [0, 0.05) is 25.8 Å². The summed E-state index contributed by atoms with van der Waals surface area (Å²) < 4.78 is 35.0. The van der Waals surface area contributed by atoms with Crippen molar-refractivity contribution in [1.82, 2.24) is 10.6 Å². The number of alkyl halides is 3. The second-order valence-corrected chi connectivity index (χ2v) is 3.98. The number of carbonyl (C=O) groups excluding carboxylic acids is 1. The van der Waals surface area contributed by atoms with E-state index in [0.717, 1.165) is 0 Å². The summed E-state index contributed by atoms with van der Waals surface area (Å²) in [6.07, 6.45) is 1.03. The fraction of sp³-hybridized carbons (Fsp3) is 0.875. The summed E-state index contributed by atoms with van der Waals surface area (Å²) >= 11 is -0.0394. The van der Waals surface area contributed by atoms with Crippen molar-refractivity contribution in [3.63, 3.8) is 0 Å². The molecule has 7 heteroatoms. The van der Waals surface area contributed by atoms with E-state index in [2.05, 4.69) is 10.6 Å². The highest BCUT2D eigenvalue weighted by molar-refractivity contribution is 8.00. The molecular weight excluding hydrogens is 229 g/mol. The van der Waals surface area contributed by atoms with Gasteiger partial charge in [-0.15, -0.1) is 0 Å². The van der Waals surface area contributed by atoms with E-state index in [1.165, 1.54) is 0 Å². The SMILES string of the molecule is CNC(=O)CCCNCCSC(F)(F)F. The van der Waals surface area contributed by atoms with Crippen LogP contribution in [0.4, 0.5) is 13.2 Å². The maximum atomic E-state index is 11.7. The summed E-state index contributed by atoms with van der Waals surface area (Å²) in [5, 5.41) is 5.30. The van der Waals surface area contributed by atoms with Crippen LogP contribution in [0, 0.1) is 0 Å².